The van der Waals surface area contributed by atoms with Crippen LogP contribution in [-0.2, 0) is 13.0 Å². The number of nitrogens with zero attached hydrogens (tertiary/aromatic N) is 1. The van der Waals surface area contributed by atoms with Gasteiger partial charge in [0.1, 0.15) is 5.75 Å². The van der Waals surface area contributed by atoms with Gasteiger partial charge < -0.3 is 10.1 Å². The zero-order valence-electron chi connectivity index (χ0n) is 12.0. The summed E-state index contributed by atoms with van der Waals surface area (Å²) in [5.41, 5.74) is 2.45. The van der Waals surface area contributed by atoms with Gasteiger partial charge in [-0.1, -0.05) is 12.1 Å². The summed E-state index contributed by atoms with van der Waals surface area (Å²) >= 11 is 1.83. The number of thiazole rings is 1. The van der Waals surface area contributed by atoms with Gasteiger partial charge in [-0.25, -0.2) is 4.98 Å². The Morgan fingerprint density at radius 2 is 2.05 bits per heavy atom. The smallest absolute Gasteiger partial charge is 0.118 e. The zero-order chi connectivity index (χ0) is 13.9. The highest BCUT2D eigenvalue weighted by molar-refractivity contribution is 7.11. The molecule has 0 unspecified atom stereocenters. The third-order valence-electron chi connectivity index (χ3n) is 3.58. The van der Waals surface area contributed by atoms with Crippen LogP contribution in [0, 0.1) is 6.92 Å². The molecule has 1 aromatic carbocycles. The van der Waals surface area contributed by atoms with Crippen LogP contribution in [0.1, 0.15) is 34.0 Å². The summed E-state index contributed by atoms with van der Waals surface area (Å²) in [5.74, 6) is 0.901. The average molecular weight is 288 g/mol. The first-order valence-electron chi connectivity index (χ1n) is 7.06. The second kappa shape index (κ2) is 5.94. The minimum absolute atomic E-state index is 0.751. The monoisotopic (exact) mass is 288 g/mol. The average Bonchev–Trinajstić information content (AvgIpc) is 3.22. The lowest BCUT2D eigenvalue weighted by atomic mass is 10.1. The molecule has 0 radical (unpaired) electrons. The van der Waals surface area contributed by atoms with Crippen LogP contribution < -0.4 is 10.1 Å². The summed E-state index contributed by atoms with van der Waals surface area (Å²) in [7, 11) is 1.69. The van der Waals surface area contributed by atoms with E-state index in [0.29, 0.717) is 0 Å². The van der Waals surface area contributed by atoms with Crippen molar-refractivity contribution in [1.29, 1.82) is 0 Å². The molecule has 106 valence electrons. The topological polar surface area (TPSA) is 34.1 Å². The van der Waals surface area contributed by atoms with E-state index in [-0.39, 0.29) is 0 Å². The summed E-state index contributed by atoms with van der Waals surface area (Å²) in [6, 6.07) is 8.98. The number of ether oxygens (including phenoxy) is 1. The van der Waals surface area contributed by atoms with Crippen LogP contribution in [0.5, 0.6) is 5.75 Å². The highest BCUT2D eigenvalue weighted by Crippen LogP contribution is 2.24. The quantitative estimate of drug-likeness (QED) is 0.885. The lowest BCUT2D eigenvalue weighted by Crippen LogP contribution is -2.14. The minimum atomic E-state index is 0.751. The van der Waals surface area contributed by atoms with Gasteiger partial charge in [0.15, 0.2) is 0 Å². The standard InChI is InChI=1S/C16H20N2OS/c1-11-15(10-17-13-5-6-13)20-16(18-11)9-12-3-7-14(19-2)8-4-12/h3-4,7-8,13,17H,5-6,9-10H2,1-2H3. The van der Waals surface area contributed by atoms with Crippen LogP contribution in [0.15, 0.2) is 24.3 Å². The molecule has 1 N–H and O–H groups in total. The van der Waals surface area contributed by atoms with E-state index in [0.717, 1.165) is 24.8 Å². The van der Waals surface area contributed by atoms with E-state index < -0.39 is 0 Å². The molecule has 0 atom stereocenters. The molecule has 1 heterocycles. The molecule has 0 saturated heterocycles. The van der Waals surface area contributed by atoms with E-state index >= 15 is 0 Å². The molecule has 1 saturated carbocycles. The zero-order valence-corrected chi connectivity index (χ0v) is 12.8. The Balaban J connectivity index is 1.65. The van der Waals surface area contributed by atoms with Gasteiger partial charge in [0.25, 0.3) is 0 Å². The van der Waals surface area contributed by atoms with Crippen molar-refractivity contribution in [2.24, 2.45) is 0 Å². The Morgan fingerprint density at radius 1 is 1.30 bits per heavy atom. The normalized spacial score (nSPS) is 14.5. The molecule has 0 spiro atoms. The van der Waals surface area contributed by atoms with Crippen molar-refractivity contribution in [2.75, 3.05) is 7.11 Å². The number of hydrogen-bond acceptors (Lipinski definition) is 4. The van der Waals surface area contributed by atoms with Gasteiger partial charge in [-0.05, 0) is 37.5 Å². The first-order valence-corrected chi connectivity index (χ1v) is 7.88. The summed E-state index contributed by atoms with van der Waals surface area (Å²) in [6.07, 6.45) is 3.56. The van der Waals surface area contributed by atoms with Crippen LogP contribution in [0.2, 0.25) is 0 Å². The predicted octanol–water partition coefficient (Wildman–Crippen LogP) is 3.30. The number of aryl methyl sites for hydroxylation is 1. The highest BCUT2D eigenvalue weighted by atomic mass is 32.1. The fraction of sp³-hybridized carbons (Fsp3) is 0.438. The van der Waals surface area contributed by atoms with E-state index in [9.17, 15) is 0 Å². The molecule has 0 aliphatic heterocycles. The Labute approximate surface area is 124 Å². The van der Waals surface area contributed by atoms with Crippen LogP contribution in [0.25, 0.3) is 0 Å². The van der Waals surface area contributed by atoms with Crippen molar-refractivity contribution < 1.29 is 4.74 Å². The van der Waals surface area contributed by atoms with Gasteiger partial charge in [-0.2, -0.15) is 0 Å². The maximum absolute atomic E-state index is 5.18. The molecule has 0 bridgehead atoms. The highest BCUT2D eigenvalue weighted by Gasteiger charge is 2.21. The van der Waals surface area contributed by atoms with E-state index in [1.165, 1.54) is 34.0 Å². The lowest BCUT2D eigenvalue weighted by Gasteiger charge is -2.01. The molecule has 2 aromatic rings. The summed E-state index contributed by atoms with van der Waals surface area (Å²) < 4.78 is 5.18. The fourth-order valence-electron chi connectivity index (χ4n) is 2.17. The van der Waals surface area contributed by atoms with Gasteiger partial charge in [0.2, 0.25) is 0 Å². The number of aromatic nitrogens is 1. The second-order valence-corrected chi connectivity index (χ2v) is 6.46. The van der Waals surface area contributed by atoms with Gasteiger partial charge in [-0.15, -0.1) is 11.3 Å². The molecule has 1 aromatic heterocycles. The molecule has 4 heteroatoms. The number of hydrogen-bond donors (Lipinski definition) is 1. The molecule has 20 heavy (non-hydrogen) atoms. The number of methoxy groups -OCH3 is 1. The van der Waals surface area contributed by atoms with Crippen LogP contribution >= 0.6 is 11.3 Å². The maximum atomic E-state index is 5.18. The van der Waals surface area contributed by atoms with Crippen molar-refractivity contribution in [3.8, 4) is 5.75 Å². The molecule has 1 fully saturated rings. The molecular weight excluding hydrogens is 268 g/mol. The third kappa shape index (κ3) is 3.38. The van der Waals surface area contributed by atoms with Crippen molar-refractivity contribution in [3.05, 3.63) is 45.4 Å². The van der Waals surface area contributed by atoms with Gasteiger partial charge in [-0.3, -0.25) is 0 Å². The molecule has 3 nitrogen and oxygen atoms in total. The number of benzene rings is 1. The number of rotatable bonds is 6. The largest absolute Gasteiger partial charge is 0.497 e. The molecule has 1 aliphatic carbocycles. The fourth-order valence-corrected chi connectivity index (χ4v) is 3.23. The third-order valence-corrected chi connectivity index (χ3v) is 4.74. The van der Waals surface area contributed by atoms with Crippen molar-refractivity contribution in [2.45, 2.75) is 38.8 Å². The van der Waals surface area contributed by atoms with E-state index in [4.69, 9.17) is 9.72 Å². The van der Waals surface area contributed by atoms with E-state index in [1.807, 2.05) is 23.5 Å². The van der Waals surface area contributed by atoms with Gasteiger partial charge >= 0.3 is 0 Å². The summed E-state index contributed by atoms with van der Waals surface area (Å²) in [6.45, 7) is 3.08. The van der Waals surface area contributed by atoms with Crippen molar-refractivity contribution in [3.63, 3.8) is 0 Å². The second-order valence-electron chi connectivity index (χ2n) is 5.30. The molecular formula is C16H20N2OS. The Bertz CT molecular complexity index is 573. The predicted molar refractivity (Wildman–Crippen MR) is 82.5 cm³/mol. The van der Waals surface area contributed by atoms with Crippen molar-refractivity contribution in [1.82, 2.24) is 10.3 Å². The Hall–Kier alpha value is -1.39. The molecule has 3 rings (SSSR count). The molecule has 1 aliphatic rings. The molecule has 0 amide bonds. The van der Waals surface area contributed by atoms with E-state index in [2.05, 4.69) is 24.4 Å². The maximum Gasteiger partial charge on any atom is 0.118 e. The summed E-state index contributed by atoms with van der Waals surface area (Å²) in [4.78, 5) is 6.07. The number of nitrogens with one attached hydrogen (secondary N) is 1. The van der Waals surface area contributed by atoms with Crippen LogP contribution in [0.3, 0.4) is 0 Å². The van der Waals surface area contributed by atoms with Crippen molar-refractivity contribution >= 4 is 11.3 Å². The van der Waals surface area contributed by atoms with Crippen LogP contribution in [0.4, 0.5) is 0 Å². The van der Waals surface area contributed by atoms with Gasteiger partial charge in [0, 0.05) is 23.9 Å². The van der Waals surface area contributed by atoms with Gasteiger partial charge in [0.05, 0.1) is 17.8 Å². The lowest BCUT2D eigenvalue weighted by molar-refractivity contribution is 0.414. The van der Waals surface area contributed by atoms with Crippen LogP contribution in [-0.4, -0.2) is 18.1 Å². The minimum Gasteiger partial charge on any atom is -0.497 e. The Kier molecular flexibility index (Phi) is 4.03. The summed E-state index contributed by atoms with van der Waals surface area (Å²) in [5, 5.41) is 4.75. The van der Waals surface area contributed by atoms with E-state index in [1.54, 1.807) is 7.11 Å². The first kappa shape index (κ1) is 13.6. The Morgan fingerprint density at radius 3 is 2.70 bits per heavy atom. The SMILES string of the molecule is COc1ccc(Cc2nc(C)c(CNC3CC3)s2)cc1. The first-order chi connectivity index (χ1) is 9.74.